The number of rotatable bonds is 5. The van der Waals surface area contributed by atoms with Crippen molar-refractivity contribution in [2.75, 3.05) is 7.11 Å². The minimum Gasteiger partial charge on any atom is -0.493 e. The van der Waals surface area contributed by atoms with Gasteiger partial charge in [-0.1, -0.05) is 26.0 Å². The summed E-state index contributed by atoms with van der Waals surface area (Å²) < 4.78 is 10.3. The summed E-state index contributed by atoms with van der Waals surface area (Å²) >= 11 is 5.21. The highest BCUT2D eigenvalue weighted by atomic mass is 35.5. The topological polar surface area (TPSA) is 52.6 Å². The van der Waals surface area contributed by atoms with Crippen LogP contribution in [0.5, 0.6) is 11.5 Å². The molecule has 0 aliphatic carbocycles. The molecule has 5 heteroatoms. The summed E-state index contributed by atoms with van der Waals surface area (Å²) in [5.74, 6) is 0.199. The number of halogens is 1. The summed E-state index contributed by atoms with van der Waals surface area (Å²) in [5, 5.41) is -0.561. The second kappa shape index (κ2) is 6.95. The Morgan fingerprint density at radius 3 is 2.47 bits per heavy atom. The summed E-state index contributed by atoms with van der Waals surface area (Å²) in [7, 11) is 1.47. The fraction of sp³-hybridized carbons (Fsp3) is 0.286. The molecule has 0 aliphatic rings. The van der Waals surface area contributed by atoms with E-state index in [9.17, 15) is 9.59 Å². The van der Waals surface area contributed by atoms with Crippen LogP contribution in [0.25, 0.3) is 6.08 Å². The molecule has 0 aromatic heterocycles. The van der Waals surface area contributed by atoms with Gasteiger partial charge < -0.3 is 9.47 Å². The Morgan fingerprint density at radius 2 is 1.95 bits per heavy atom. The fourth-order valence-corrected chi connectivity index (χ4v) is 1.32. The van der Waals surface area contributed by atoms with Gasteiger partial charge in [-0.2, -0.15) is 0 Å². The van der Waals surface area contributed by atoms with E-state index in [1.807, 2.05) is 0 Å². The van der Waals surface area contributed by atoms with Gasteiger partial charge in [-0.15, -0.1) is 0 Å². The van der Waals surface area contributed by atoms with Crippen molar-refractivity contribution < 1.29 is 19.1 Å². The monoisotopic (exact) mass is 282 g/mol. The van der Waals surface area contributed by atoms with Crippen molar-refractivity contribution in [2.24, 2.45) is 5.92 Å². The SMILES string of the molecule is COc1cc(/C=C/C(=O)Cl)ccc1OC(=O)C(C)C. The second-order valence-electron chi connectivity index (χ2n) is 4.12. The number of esters is 1. The maximum Gasteiger partial charge on any atom is 0.313 e. The van der Waals surface area contributed by atoms with Gasteiger partial charge in [0.25, 0.3) is 0 Å². The molecule has 0 radical (unpaired) electrons. The van der Waals surface area contributed by atoms with Gasteiger partial charge in [0, 0.05) is 0 Å². The van der Waals surface area contributed by atoms with E-state index in [0.29, 0.717) is 11.5 Å². The average molecular weight is 283 g/mol. The Labute approximate surface area is 117 Å². The van der Waals surface area contributed by atoms with Gasteiger partial charge in [-0.25, -0.2) is 0 Å². The predicted molar refractivity (Wildman–Crippen MR) is 73.4 cm³/mol. The van der Waals surface area contributed by atoms with Crippen LogP contribution in [0, 0.1) is 5.92 Å². The number of hydrogen-bond donors (Lipinski definition) is 0. The number of benzene rings is 1. The lowest BCUT2D eigenvalue weighted by Gasteiger charge is -2.11. The van der Waals surface area contributed by atoms with Gasteiger partial charge in [0.2, 0.25) is 5.24 Å². The quantitative estimate of drug-likeness (QED) is 0.360. The van der Waals surface area contributed by atoms with E-state index in [1.165, 1.54) is 13.2 Å². The van der Waals surface area contributed by atoms with Gasteiger partial charge in [-0.3, -0.25) is 9.59 Å². The van der Waals surface area contributed by atoms with Crippen LogP contribution in [-0.2, 0) is 9.59 Å². The van der Waals surface area contributed by atoms with Gasteiger partial charge in [0.1, 0.15) is 0 Å². The molecule has 0 atom stereocenters. The molecule has 0 saturated heterocycles. The summed E-state index contributed by atoms with van der Waals surface area (Å²) in [6, 6.07) is 4.96. The number of methoxy groups -OCH3 is 1. The van der Waals surface area contributed by atoms with E-state index >= 15 is 0 Å². The van der Waals surface area contributed by atoms with Crippen molar-refractivity contribution in [1.82, 2.24) is 0 Å². The average Bonchev–Trinajstić information content (AvgIpc) is 2.37. The predicted octanol–water partition coefficient (Wildman–Crippen LogP) is 3.04. The molecule has 0 bridgehead atoms. The molecule has 0 fully saturated rings. The van der Waals surface area contributed by atoms with Gasteiger partial charge in [0.05, 0.1) is 13.0 Å². The third-order valence-corrected chi connectivity index (χ3v) is 2.40. The second-order valence-corrected chi connectivity index (χ2v) is 4.50. The third kappa shape index (κ3) is 4.75. The van der Waals surface area contributed by atoms with Crippen LogP contribution in [0.2, 0.25) is 0 Å². The summed E-state index contributed by atoms with van der Waals surface area (Å²) in [5.41, 5.74) is 0.718. The molecular weight excluding hydrogens is 268 g/mol. The first-order valence-corrected chi connectivity index (χ1v) is 6.09. The molecule has 0 unspecified atom stereocenters. The highest BCUT2D eigenvalue weighted by Gasteiger charge is 2.13. The van der Waals surface area contributed by atoms with E-state index in [-0.39, 0.29) is 11.9 Å². The van der Waals surface area contributed by atoms with Gasteiger partial charge in [-0.05, 0) is 35.4 Å². The van der Waals surface area contributed by atoms with E-state index < -0.39 is 5.24 Å². The minimum atomic E-state index is -0.561. The molecule has 0 heterocycles. The molecule has 1 rings (SSSR count). The zero-order valence-electron chi connectivity index (χ0n) is 11.0. The number of hydrogen-bond acceptors (Lipinski definition) is 4. The van der Waals surface area contributed by atoms with Gasteiger partial charge >= 0.3 is 5.97 Å². The standard InChI is InChI=1S/C14H15ClO4/c1-9(2)14(17)19-11-6-4-10(5-7-13(15)16)8-12(11)18-3/h4-9H,1-3H3/b7-5+. The van der Waals surface area contributed by atoms with Crippen LogP contribution in [0.4, 0.5) is 0 Å². The molecule has 0 N–H and O–H groups in total. The Balaban J connectivity index is 2.96. The van der Waals surface area contributed by atoms with Crippen molar-refractivity contribution >= 4 is 28.9 Å². The lowest BCUT2D eigenvalue weighted by Crippen LogP contribution is -2.15. The van der Waals surface area contributed by atoms with E-state index in [4.69, 9.17) is 21.1 Å². The Kier molecular flexibility index (Phi) is 5.57. The van der Waals surface area contributed by atoms with Crippen LogP contribution in [-0.4, -0.2) is 18.3 Å². The lowest BCUT2D eigenvalue weighted by molar-refractivity contribution is -0.137. The fourth-order valence-electron chi connectivity index (χ4n) is 1.26. The van der Waals surface area contributed by atoms with E-state index in [2.05, 4.69) is 0 Å². The van der Waals surface area contributed by atoms with Crippen LogP contribution >= 0.6 is 11.6 Å². The Bertz CT molecular complexity index is 506. The number of carbonyl (C=O) groups is 2. The van der Waals surface area contributed by atoms with Crippen molar-refractivity contribution in [1.29, 1.82) is 0 Å². The maximum absolute atomic E-state index is 11.5. The normalized spacial score (nSPS) is 10.8. The molecule has 1 aromatic rings. The molecule has 19 heavy (non-hydrogen) atoms. The first-order valence-electron chi connectivity index (χ1n) is 5.71. The lowest BCUT2D eigenvalue weighted by atomic mass is 10.2. The molecule has 0 saturated carbocycles. The highest BCUT2D eigenvalue weighted by molar-refractivity contribution is 6.66. The molecule has 102 valence electrons. The van der Waals surface area contributed by atoms with Crippen molar-refractivity contribution in [2.45, 2.75) is 13.8 Å². The zero-order valence-corrected chi connectivity index (χ0v) is 11.7. The van der Waals surface area contributed by atoms with Crippen LogP contribution in [0.15, 0.2) is 24.3 Å². The molecule has 0 aliphatic heterocycles. The van der Waals surface area contributed by atoms with Crippen molar-refractivity contribution in [3.8, 4) is 11.5 Å². The molecule has 4 nitrogen and oxygen atoms in total. The number of ether oxygens (including phenoxy) is 2. The maximum atomic E-state index is 11.5. The first kappa shape index (κ1) is 15.2. The van der Waals surface area contributed by atoms with Crippen LogP contribution in [0.3, 0.4) is 0 Å². The molecular formula is C14H15ClO4. The van der Waals surface area contributed by atoms with Crippen LogP contribution < -0.4 is 9.47 Å². The minimum absolute atomic E-state index is 0.224. The number of allylic oxidation sites excluding steroid dienone is 1. The summed E-state index contributed by atoms with van der Waals surface area (Å²) in [6.07, 6.45) is 2.78. The molecule has 0 amide bonds. The highest BCUT2D eigenvalue weighted by Crippen LogP contribution is 2.29. The summed E-state index contributed by atoms with van der Waals surface area (Å²) in [6.45, 7) is 3.50. The van der Waals surface area contributed by atoms with Crippen molar-refractivity contribution in [3.05, 3.63) is 29.8 Å². The largest absolute Gasteiger partial charge is 0.493 e. The Hall–Kier alpha value is -1.81. The number of carbonyl (C=O) groups excluding carboxylic acids is 2. The first-order chi connectivity index (χ1) is 8.93. The zero-order chi connectivity index (χ0) is 14.4. The Morgan fingerprint density at radius 1 is 1.26 bits per heavy atom. The van der Waals surface area contributed by atoms with E-state index in [0.717, 1.165) is 5.56 Å². The van der Waals surface area contributed by atoms with Gasteiger partial charge in [0.15, 0.2) is 11.5 Å². The van der Waals surface area contributed by atoms with Crippen LogP contribution in [0.1, 0.15) is 19.4 Å². The smallest absolute Gasteiger partial charge is 0.313 e. The third-order valence-electron chi connectivity index (χ3n) is 2.28. The summed E-state index contributed by atoms with van der Waals surface area (Å²) in [4.78, 5) is 22.2. The molecule has 0 spiro atoms. The van der Waals surface area contributed by atoms with Crippen molar-refractivity contribution in [3.63, 3.8) is 0 Å². The molecule has 1 aromatic carbocycles. The van der Waals surface area contributed by atoms with E-state index in [1.54, 1.807) is 38.1 Å².